The van der Waals surface area contributed by atoms with E-state index in [0.717, 1.165) is 6.42 Å². The summed E-state index contributed by atoms with van der Waals surface area (Å²) in [6.07, 6.45) is -0.414. The van der Waals surface area contributed by atoms with Crippen molar-refractivity contribution >= 4 is 37.4 Å². The predicted octanol–water partition coefficient (Wildman–Crippen LogP) is 3.27. The fraction of sp³-hybridized carbons (Fsp3) is 0.667. The van der Waals surface area contributed by atoms with Gasteiger partial charge in [-0.2, -0.15) is 5.10 Å². The molecule has 3 heterocycles. The van der Waals surface area contributed by atoms with Crippen LogP contribution in [0.4, 0.5) is 5.82 Å². The van der Waals surface area contributed by atoms with Crippen molar-refractivity contribution in [1.29, 1.82) is 0 Å². The van der Waals surface area contributed by atoms with Crippen molar-refractivity contribution in [2.75, 3.05) is 18.9 Å². The maximum atomic E-state index is 12.9. The molecule has 1 saturated heterocycles. The summed E-state index contributed by atoms with van der Waals surface area (Å²) in [7, 11) is -2.58. The highest BCUT2D eigenvalue weighted by atomic mass is 31.1. The maximum absolute atomic E-state index is 12.9. The lowest BCUT2D eigenvalue weighted by atomic mass is 9.95. The van der Waals surface area contributed by atoms with Crippen LogP contribution < -0.4 is 10.8 Å². The van der Waals surface area contributed by atoms with E-state index in [4.69, 9.17) is 29.2 Å². The largest absolute Gasteiger partial charge is 0.613 e. The number of unbranched alkanes of at least 4 members (excludes halogenated alkanes) is 1. The van der Waals surface area contributed by atoms with Crippen molar-refractivity contribution in [1.82, 2.24) is 19.7 Å². The number of hydrogen-bond donors (Lipinski definition) is 2. The first kappa shape index (κ1) is 33.3. The van der Waals surface area contributed by atoms with Gasteiger partial charge in [0, 0.05) is 0 Å². The lowest BCUT2D eigenvalue weighted by Gasteiger charge is -2.30. The highest BCUT2D eigenvalue weighted by Crippen LogP contribution is 2.45. The van der Waals surface area contributed by atoms with Gasteiger partial charge in [0.1, 0.15) is 36.2 Å². The van der Waals surface area contributed by atoms with Crippen LogP contribution in [0, 0.1) is 11.8 Å². The van der Waals surface area contributed by atoms with Gasteiger partial charge in [0.2, 0.25) is 0 Å². The standard InChI is InChI=1S/C27H41N5O9P/c1-8-9-12-37-26(35)17(6)31-42(36)38-13-27(7)22(40-25(34)16(4)5)21(39-24(33)15(2)3)20(41-27)18-10-11-19-23(28)29-14-30-32(18)19/h10-11,14-17,20-22H,8-9,12-13H2,1-7H3,(H,31,36)(H2,28,29,30)/q+1/t17-,20-,21-,22-,27+/m0/s1. The SMILES string of the molecule is CCCCOC(=O)[C@H](C)N[P+](=O)OC[C@@]1(C)O[C@@H](c2ccc3c(N)ncnn23)[C@H](OC(=O)C(C)C)[C@@H]1OC(=O)C(C)C. The molecule has 2 aromatic heterocycles. The Morgan fingerprint density at radius 1 is 1.12 bits per heavy atom. The van der Waals surface area contributed by atoms with Gasteiger partial charge < -0.3 is 24.7 Å². The average molecular weight is 611 g/mol. The van der Waals surface area contributed by atoms with Crippen LogP contribution in [0.25, 0.3) is 5.52 Å². The van der Waals surface area contributed by atoms with E-state index in [2.05, 4.69) is 15.2 Å². The molecule has 0 amide bonds. The van der Waals surface area contributed by atoms with Crippen LogP contribution in [0.15, 0.2) is 18.5 Å². The van der Waals surface area contributed by atoms with Crippen molar-refractivity contribution < 1.29 is 42.4 Å². The van der Waals surface area contributed by atoms with E-state index in [1.807, 2.05) is 6.92 Å². The van der Waals surface area contributed by atoms with Crippen molar-refractivity contribution in [3.63, 3.8) is 0 Å². The second-order valence-electron chi connectivity index (χ2n) is 11.0. The summed E-state index contributed by atoms with van der Waals surface area (Å²) < 4.78 is 43.3. The summed E-state index contributed by atoms with van der Waals surface area (Å²) in [5.74, 6) is -2.43. The zero-order chi connectivity index (χ0) is 31.2. The van der Waals surface area contributed by atoms with E-state index in [1.54, 1.807) is 46.8 Å². The van der Waals surface area contributed by atoms with Gasteiger partial charge in [-0.05, 0) is 37.0 Å². The minimum Gasteiger partial charge on any atom is -0.464 e. The number of nitrogens with two attached hydrogens (primary N) is 1. The molecule has 1 unspecified atom stereocenters. The van der Waals surface area contributed by atoms with Gasteiger partial charge in [-0.15, -0.1) is 4.52 Å². The lowest BCUT2D eigenvalue weighted by Crippen LogP contribution is -2.48. The molecule has 1 fully saturated rings. The van der Waals surface area contributed by atoms with E-state index in [0.29, 0.717) is 17.6 Å². The van der Waals surface area contributed by atoms with Crippen LogP contribution in [-0.4, -0.2) is 69.6 Å². The number of nitrogens with one attached hydrogen (secondary N) is 1. The smallest absolute Gasteiger partial charge is 0.464 e. The molecule has 0 saturated carbocycles. The molecule has 232 valence electrons. The van der Waals surface area contributed by atoms with Crippen LogP contribution >= 0.6 is 8.18 Å². The fourth-order valence-electron chi connectivity index (χ4n) is 4.19. The number of carbonyl (C=O) groups is 3. The number of nitrogen functional groups attached to an aromatic ring is 1. The molecule has 3 N–H and O–H groups in total. The van der Waals surface area contributed by atoms with Gasteiger partial charge in [-0.25, -0.2) is 9.50 Å². The van der Waals surface area contributed by atoms with Gasteiger partial charge in [0.15, 0.2) is 18.0 Å². The minimum atomic E-state index is -2.58. The van der Waals surface area contributed by atoms with Crippen LogP contribution in [0.1, 0.15) is 73.1 Å². The number of anilines is 1. The lowest BCUT2D eigenvalue weighted by molar-refractivity contribution is -0.175. The Labute approximate surface area is 245 Å². The Morgan fingerprint density at radius 2 is 1.79 bits per heavy atom. The molecule has 0 aliphatic carbocycles. The predicted molar refractivity (Wildman–Crippen MR) is 151 cm³/mol. The van der Waals surface area contributed by atoms with E-state index in [-0.39, 0.29) is 19.0 Å². The second kappa shape index (κ2) is 14.3. The van der Waals surface area contributed by atoms with Gasteiger partial charge in [0.25, 0.3) is 0 Å². The molecule has 14 nitrogen and oxygen atoms in total. The third kappa shape index (κ3) is 7.80. The van der Waals surface area contributed by atoms with Crippen molar-refractivity contribution in [2.45, 2.75) is 91.3 Å². The number of hydrogen-bond acceptors (Lipinski definition) is 12. The average Bonchev–Trinajstić information content (AvgIpc) is 3.47. The molecular formula is C27H41N5O9P+. The Balaban J connectivity index is 1.91. The van der Waals surface area contributed by atoms with Gasteiger partial charge >= 0.3 is 26.1 Å². The first-order chi connectivity index (χ1) is 19.8. The Hall–Kier alpha value is -3.19. The number of nitrogens with zero attached hydrogens (tertiary/aromatic N) is 3. The fourth-order valence-corrected chi connectivity index (χ4v) is 5.06. The molecule has 42 heavy (non-hydrogen) atoms. The summed E-state index contributed by atoms with van der Waals surface area (Å²) in [5.41, 5.74) is 5.53. The molecule has 3 rings (SSSR count). The van der Waals surface area contributed by atoms with Crippen LogP contribution in [0.2, 0.25) is 0 Å². The third-order valence-electron chi connectivity index (χ3n) is 6.70. The summed E-state index contributed by atoms with van der Waals surface area (Å²) in [6, 6.07) is 2.49. The second-order valence-corrected chi connectivity index (χ2v) is 12.1. The van der Waals surface area contributed by atoms with Crippen molar-refractivity contribution in [3.05, 3.63) is 24.2 Å². The van der Waals surface area contributed by atoms with Crippen LogP contribution in [0.5, 0.6) is 0 Å². The number of fused-ring (bicyclic) bond motifs is 1. The number of esters is 3. The summed E-state index contributed by atoms with van der Waals surface area (Å²) in [4.78, 5) is 41.9. The quantitative estimate of drug-likeness (QED) is 0.138. The molecule has 1 aliphatic rings. The highest BCUT2D eigenvalue weighted by Gasteiger charge is 2.59. The number of aromatic nitrogens is 3. The van der Waals surface area contributed by atoms with E-state index >= 15 is 0 Å². The Kier molecular flexibility index (Phi) is 11.4. The number of ether oxygens (including phenoxy) is 4. The monoisotopic (exact) mass is 610 g/mol. The molecule has 6 atom stereocenters. The van der Waals surface area contributed by atoms with Crippen LogP contribution in [-0.2, 0) is 42.4 Å². The van der Waals surface area contributed by atoms with E-state index < -0.39 is 67.9 Å². The zero-order valence-electron chi connectivity index (χ0n) is 25.1. The molecule has 2 aromatic rings. The molecule has 0 spiro atoms. The molecule has 1 aliphatic heterocycles. The van der Waals surface area contributed by atoms with Gasteiger partial charge in [-0.1, -0.05) is 46.1 Å². The summed E-state index contributed by atoms with van der Waals surface area (Å²) >= 11 is 0. The van der Waals surface area contributed by atoms with Gasteiger partial charge in [0.05, 0.1) is 24.1 Å². The topological polar surface area (TPSA) is 183 Å². The summed E-state index contributed by atoms with van der Waals surface area (Å²) in [6.45, 7) is 11.7. The minimum absolute atomic E-state index is 0.226. The van der Waals surface area contributed by atoms with E-state index in [9.17, 15) is 18.9 Å². The first-order valence-electron chi connectivity index (χ1n) is 14.0. The molecule has 0 aromatic carbocycles. The van der Waals surface area contributed by atoms with Gasteiger partial charge in [-0.3, -0.25) is 14.4 Å². The molecule has 0 radical (unpaired) electrons. The van der Waals surface area contributed by atoms with Crippen molar-refractivity contribution in [2.24, 2.45) is 11.8 Å². The third-order valence-corrected chi connectivity index (χ3v) is 7.66. The Morgan fingerprint density at radius 3 is 2.43 bits per heavy atom. The Bertz CT molecular complexity index is 1290. The van der Waals surface area contributed by atoms with E-state index in [1.165, 1.54) is 17.8 Å². The first-order valence-corrected chi connectivity index (χ1v) is 15.2. The maximum Gasteiger partial charge on any atom is 0.613 e. The molecular weight excluding hydrogens is 569 g/mol. The van der Waals surface area contributed by atoms with Crippen molar-refractivity contribution in [3.8, 4) is 0 Å². The molecule has 15 heteroatoms. The summed E-state index contributed by atoms with van der Waals surface area (Å²) in [5, 5.41) is 6.85. The number of carbonyl (C=O) groups excluding carboxylic acids is 3. The zero-order valence-corrected chi connectivity index (χ0v) is 26.0. The number of rotatable bonds is 14. The molecule has 0 bridgehead atoms. The highest BCUT2D eigenvalue weighted by molar-refractivity contribution is 7.36. The normalized spacial score (nSPS) is 23.3. The van der Waals surface area contributed by atoms with Crippen LogP contribution in [0.3, 0.4) is 0 Å².